The zero-order chi connectivity index (χ0) is 21.6. The van der Waals surface area contributed by atoms with Crippen molar-refractivity contribution in [3.8, 4) is 11.5 Å². The van der Waals surface area contributed by atoms with Crippen molar-refractivity contribution >= 4 is 5.96 Å². The van der Waals surface area contributed by atoms with Gasteiger partial charge in [0, 0.05) is 19.6 Å². The van der Waals surface area contributed by atoms with Gasteiger partial charge in [-0.1, -0.05) is 19.9 Å². The summed E-state index contributed by atoms with van der Waals surface area (Å²) in [5.74, 6) is 1.07. The van der Waals surface area contributed by atoms with Gasteiger partial charge in [-0.15, -0.1) is 0 Å². The molecule has 0 spiro atoms. The zero-order valence-corrected chi connectivity index (χ0v) is 18.3. The first-order valence-corrected chi connectivity index (χ1v) is 10.2. The fraction of sp³-hybridized carbons (Fsp3) is 0.667. The van der Waals surface area contributed by atoms with Crippen LogP contribution in [0.25, 0.3) is 0 Å². The highest BCUT2D eigenvalue weighted by atomic mass is 19.3. The van der Waals surface area contributed by atoms with E-state index >= 15 is 0 Å². The number of benzene rings is 1. The van der Waals surface area contributed by atoms with Crippen molar-refractivity contribution < 1.29 is 18.3 Å². The molecule has 0 bridgehead atoms. The lowest BCUT2D eigenvalue weighted by molar-refractivity contribution is -0.0512. The van der Waals surface area contributed by atoms with Crippen molar-refractivity contribution in [1.29, 1.82) is 0 Å². The number of halogens is 2. The fourth-order valence-electron chi connectivity index (χ4n) is 3.05. The van der Waals surface area contributed by atoms with Gasteiger partial charge in [-0.05, 0) is 63.5 Å². The summed E-state index contributed by atoms with van der Waals surface area (Å²) in [6.07, 6.45) is 2.83. The second-order valence-electron chi connectivity index (χ2n) is 6.83. The lowest BCUT2D eigenvalue weighted by Gasteiger charge is -2.21. The summed E-state index contributed by atoms with van der Waals surface area (Å²) in [5.41, 5.74) is 0.872. The zero-order valence-electron chi connectivity index (χ0n) is 18.3. The number of hydrogen-bond acceptors (Lipinski definition) is 4. The first-order valence-electron chi connectivity index (χ1n) is 10.2. The number of rotatable bonds is 13. The minimum Gasteiger partial charge on any atom is -0.493 e. The lowest BCUT2D eigenvalue weighted by Crippen LogP contribution is -2.43. The Morgan fingerprint density at radius 3 is 2.52 bits per heavy atom. The maximum atomic E-state index is 12.5. The summed E-state index contributed by atoms with van der Waals surface area (Å²) < 4.78 is 34.7. The molecule has 0 fully saturated rings. The van der Waals surface area contributed by atoms with Crippen molar-refractivity contribution in [2.24, 2.45) is 4.99 Å². The first-order chi connectivity index (χ1) is 13.9. The Labute approximate surface area is 173 Å². The summed E-state index contributed by atoms with van der Waals surface area (Å²) in [7, 11) is 3.16. The highest BCUT2D eigenvalue weighted by Gasteiger charge is 2.12. The Balaban J connectivity index is 2.45. The Morgan fingerprint density at radius 2 is 1.93 bits per heavy atom. The van der Waals surface area contributed by atoms with Crippen LogP contribution in [0.5, 0.6) is 11.5 Å². The van der Waals surface area contributed by atoms with Crippen molar-refractivity contribution in [2.45, 2.75) is 52.7 Å². The number of nitrogens with zero attached hydrogens (tertiary/aromatic N) is 2. The van der Waals surface area contributed by atoms with E-state index in [0.717, 1.165) is 44.0 Å². The molecule has 1 rings (SSSR count). The van der Waals surface area contributed by atoms with Gasteiger partial charge in [0.05, 0.1) is 7.11 Å². The van der Waals surface area contributed by atoms with Crippen LogP contribution in [0.4, 0.5) is 8.78 Å². The lowest BCUT2D eigenvalue weighted by atomic mass is 10.1. The molecule has 0 aliphatic rings. The van der Waals surface area contributed by atoms with E-state index < -0.39 is 6.61 Å². The van der Waals surface area contributed by atoms with E-state index in [1.54, 1.807) is 19.2 Å². The molecule has 0 saturated carbocycles. The third kappa shape index (κ3) is 9.78. The molecule has 8 heteroatoms. The van der Waals surface area contributed by atoms with Crippen molar-refractivity contribution in [2.75, 3.05) is 40.3 Å². The van der Waals surface area contributed by atoms with Crippen molar-refractivity contribution in [3.63, 3.8) is 0 Å². The van der Waals surface area contributed by atoms with Crippen LogP contribution >= 0.6 is 0 Å². The third-order valence-corrected chi connectivity index (χ3v) is 4.76. The molecule has 29 heavy (non-hydrogen) atoms. The molecule has 0 radical (unpaired) electrons. The maximum absolute atomic E-state index is 12.5. The van der Waals surface area contributed by atoms with E-state index in [2.05, 4.69) is 46.0 Å². The van der Waals surface area contributed by atoms with E-state index in [1.807, 2.05) is 6.07 Å². The van der Waals surface area contributed by atoms with Crippen molar-refractivity contribution in [1.82, 2.24) is 15.5 Å². The van der Waals surface area contributed by atoms with Gasteiger partial charge in [0.15, 0.2) is 17.5 Å². The summed E-state index contributed by atoms with van der Waals surface area (Å²) >= 11 is 0. The molecule has 0 heterocycles. The van der Waals surface area contributed by atoms with Crippen LogP contribution in [-0.2, 0) is 6.42 Å². The van der Waals surface area contributed by atoms with Crippen LogP contribution in [0.1, 0.15) is 39.2 Å². The number of methoxy groups -OCH3 is 1. The molecular formula is C21H36F2N4O2. The molecule has 166 valence electrons. The topological polar surface area (TPSA) is 58.1 Å². The van der Waals surface area contributed by atoms with Crippen LogP contribution in [0, 0.1) is 0 Å². The van der Waals surface area contributed by atoms with Crippen LogP contribution in [-0.4, -0.2) is 63.8 Å². The fourth-order valence-corrected chi connectivity index (χ4v) is 3.05. The van der Waals surface area contributed by atoms with Gasteiger partial charge in [0.2, 0.25) is 0 Å². The molecule has 0 aliphatic carbocycles. The molecule has 0 aromatic heterocycles. The summed E-state index contributed by atoms with van der Waals surface area (Å²) in [4.78, 5) is 6.68. The molecule has 0 amide bonds. The van der Waals surface area contributed by atoms with Gasteiger partial charge in [0.1, 0.15) is 0 Å². The average Bonchev–Trinajstić information content (AvgIpc) is 2.70. The molecule has 2 N–H and O–H groups in total. The highest BCUT2D eigenvalue weighted by molar-refractivity contribution is 5.79. The molecule has 6 nitrogen and oxygen atoms in total. The summed E-state index contributed by atoms with van der Waals surface area (Å²) in [5, 5.41) is 6.66. The number of nitrogens with one attached hydrogen (secondary N) is 2. The van der Waals surface area contributed by atoms with Gasteiger partial charge < -0.3 is 25.0 Å². The minimum absolute atomic E-state index is 0.0457. The number of aliphatic imine (C=N–C) groups is 1. The molecule has 1 aromatic carbocycles. The van der Waals surface area contributed by atoms with Gasteiger partial charge >= 0.3 is 6.61 Å². The second kappa shape index (κ2) is 14.0. The predicted octanol–water partition coefficient (Wildman–Crippen LogP) is 3.51. The van der Waals surface area contributed by atoms with Crippen LogP contribution < -0.4 is 20.1 Å². The predicted molar refractivity (Wildman–Crippen MR) is 114 cm³/mol. The first kappa shape index (κ1) is 24.9. The molecule has 1 aromatic rings. The number of ether oxygens (including phenoxy) is 2. The third-order valence-electron chi connectivity index (χ3n) is 4.76. The standard InChI is InChI=1S/C21H36F2N4O2/c1-6-27(7-2)14-8-9-16(3)26-21(24-4)25-13-12-17-10-11-18(28-5)19(15-17)29-20(22)23/h10-11,15-16,20H,6-9,12-14H2,1-5H3,(H2,24,25,26). The number of guanidine groups is 1. The van der Waals surface area contributed by atoms with E-state index in [4.69, 9.17) is 4.74 Å². The molecule has 1 atom stereocenters. The molecular weight excluding hydrogens is 378 g/mol. The normalized spacial score (nSPS) is 12.9. The average molecular weight is 415 g/mol. The number of alkyl halides is 2. The smallest absolute Gasteiger partial charge is 0.387 e. The summed E-state index contributed by atoms with van der Waals surface area (Å²) in [6.45, 7) is 7.51. The SMILES string of the molecule is CCN(CC)CCCC(C)NC(=NC)NCCc1ccc(OC)c(OC(F)F)c1. The monoisotopic (exact) mass is 414 g/mol. The van der Waals surface area contributed by atoms with Crippen molar-refractivity contribution in [3.05, 3.63) is 23.8 Å². The van der Waals surface area contributed by atoms with E-state index in [9.17, 15) is 8.78 Å². The van der Waals surface area contributed by atoms with Gasteiger partial charge in [-0.3, -0.25) is 4.99 Å². The second-order valence-corrected chi connectivity index (χ2v) is 6.83. The highest BCUT2D eigenvalue weighted by Crippen LogP contribution is 2.29. The van der Waals surface area contributed by atoms with Gasteiger partial charge in [0.25, 0.3) is 0 Å². The molecule has 0 aliphatic heterocycles. The van der Waals surface area contributed by atoms with Crippen LogP contribution in [0.2, 0.25) is 0 Å². The molecule has 1 unspecified atom stereocenters. The van der Waals surface area contributed by atoms with E-state index in [1.165, 1.54) is 7.11 Å². The minimum atomic E-state index is -2.89. The summed E-state index contributed by atoms with van der Waals surface area (Å²) in [6, 6.07) is 5.37. The maximum Gasteiger partial charge on any atom is 0.387 e. The van der Waals surface area contributed by atoms with Crippen LogP contribution in [0.3, 0.4) is 0 Å². The largest absolute Gasteiger partial charge is 0.493 e. The van der Waals surface area contributed by atoms with E-state index in [-0.39, 0.29) is 11.5 Å². The molecule has 0 saturated heterocycles. The quantitative estimate of drug-likeness (QED) is 0.382. The van der Waals surface area contributed by atoms with E-state index in [0.29, 0.717) is 19.0 Å². The van der Waals surface area contributed by atoms with Gasteiger partial charge in [-0.2, -0.15) is 8.78 Å². The Kier molecular flexibility index (Phi) is 12.0. The van der Waals surface area contributed by atoms with Crippen LogP contribution in [0.15, 0.2) is 23.2 Å². The Morgan fingerprint density at radius 1 is 1.21 bits per heavy atom. The number of hydrogen-bond donors (Lipinski definition) is 2. The Bertz CT molecular complexity index is 610. The Hall–Kier alpha value is -2.09. The van der Waals surface area contributed by atoms with Gasteiger partial charge in [-0.25, -0.2) is 0 Å².